The van der Waals surface area contributed by atoms with E-state index in [2.05, 4.69) is 68.4 Å². The van der Waals surface area contributed by atoms with Crippen LogP contribution in [0.1, 0.15) is 30.5 Å². The second-order valence-corrected chi connectivity index (χ2v) is 8.82. The van der Waals surface area contributed by atoms with Gasteiger partial charge >= 0.3 is 0 Å². The minimum absolute atomic E-state index is 0.139. The molecule has 2 atom stereocenters. The van der Waals surface area contributed by atoms with Gasteiger partial charge in [-0.1, -0.05) is 54.6 Å². The van der Waals surface area contributed by atoms with Crippen LogP contribution < -0.4 is 0 Å². The molecule has 2 aromatic carbocycles. The van der Waals surface area contributed by atoms with Gasteiger partial charge in [0.1, 0.15) is 12.4 Å². The third-order valence-corrected chi connectivity index (χ3v) is 6.38. The normalized spacial score (nSPS) is 27.1. The van der Waals surface area contributed by atoms with Crippen LogP contribution in [0.4, 0.5) is 0 Å². The number of benzene rings is 2. The molecule has 1 saturated heterocycles. The summed E-state index contributed by atoms with van der Waals surface area (Å²) in [7, 11) is 1.76. The summed E-state index contributed by atoms with van der Waals surface area (Å²) in [5.41, 5.74) is 4.21. The van der Waals surface area contributed by atoms with E-state index >= 15 is 0 Å². The van der Waals surface area contributed by atoms with Crippen molar-refractivity contribution in [2.45, 2.75) is 31.2 Å². The van der Waals surface area contributed by atoms with Crippen LogP contribution in [0.3, 0.4) is 0 Å². The molecule has 2 aliphatic heterocycles. The Labute approximate surface area is 172 Å². The third-order valence-electron chi connectivity index (χ3n) is 6.38. The first-order valence-corrected chi connectivity index (χ1v) is 10.3. The van der Waals surface area contributed by atoms with E-state index in [9.17, 15) is 0 Å². The SMILES string of the molecule is COC1=C2COC[C@@H]2[C@](Cc2ccccc2)(C2=NC(C)(C)CO2)c2ccccc21. The summed E-state index contributed by atoms with van der Waals surface area (Å²) in [5.74, 6) is 1.92. The average Bonchev–Trinajstić information content (AvgIpc) is 3.36. The Hall–Kier alpha value is -2.59. The van der Waals surface area contributed by atoms with Crippen LogP contribution in [0, 0.1) is 5.92 Å². The van der Waals surface area contributed by atoms with E-state index < -0.39 is 5.41 Å². The second-order valence-electron chi connectivity index (χ2n) is 8.82. The van der Waals surface area contributed by atoms with E-state index in [0.717, 1.165) is 23.6 Å². The number of rotatable bonds is 4. The molecule has 3 aliphatic rings. The van der Waals surface area contributed by atoms with Gasteiger partial charge < -0.3 is 14.2 Å². The zero-order chi connectivity index (χ0) is 20.1. The molecule has 5 rings (SSSR count). The molecule has 0 amide bonds. The molecule has 2 aromatic rings. The lowest BCUT2D eigenvalue weighted by atomic mass is 9.60. The summed E-state index contributed by atoms with van der Waals surface area (Å²) in [6, 6.07) is 19.2. The molecule has 0 aromatic heterocycles. The molecular formula is C25H27NO3. The number of aliphatic imine (C=N–C) groups is 1. The Bertz CT molecular complexity index is 992. The molecule has 0 bridgehead atoms. The molecule has 0 saturated carbocycles. The van der Waals surface area contributed by atoms with Gasteiger partial charge in [0, 0.05) is 17.1 Å². The van der Waals surface area contributed by atoms with Gasteiger partial charge in [-0.2, -0.15) is 0 Å². The number of ether oxygens (including phenoxy) is 3. The van der Waals surface area contributed by atoms with E-state index in [-0.39, 0.29) is 11.5 Å². The predicted molar refractivity (Wildman–Crippen MR) is 114 cm³/mol. The van der Waals surface area contributed by atoms with Crippen LogP contribution >= 0.6 is 0 Å². The minimum Gasteiger partial charge on any atom is -0.496 e. The van der Waals surface area contributed by atoms with Crippen molar-refractivity contribution >= 4 is 11.7 Å². The van der Waals surface area contributed by atoms with Crippen LogP contribution in [0.15, 0.2) is 65.2 Å². The molecule has 2 heterocycles. The number of fused-ring (bicyclic) bond motifs is 2. The highest BCUT2D eigenvalue weighted by molar-refractivity contribution is 5.95. The van der Waals surface area contributed by atoms with Gasteiger partial charge in [0.2, 0.25) is 0 Å². The Morgan fingerprint density at radius 3 is 2.55 bits per heavy atom. The zero-order valence-electron chi connectivity index (χ0n) is 17.3. The van der Waals surface area contributed by atoms with E-state index in [1.165, 1.54) is 16.7 Å². The summed E-state index contributed by atoms with van der Waals surface area (Å²) < 4.78 is 18.3. The number of hydrogen-bond acceptors (Lipinski definition) is 4. The minimum atomic E-state index is -0.403. The monoisotopic (exact) mass is 389 g/mol. The fourth-order valence-corrected chi connectivity index (χ4v) is 5.11. The lowest BCUT2D eigenvalue weighted by molar-refractivity contribution is 0.166. The Balaban J connectivity index is 1.79. The molecule has 0 N–H and O–H groups in total. The van der Waals surface area contributed by atoms with Crippen LogP contribution in [0.5, 0.6) is 0 Å². The maximum Gasteiger partial charge on any atom is 0.196 e. The van der Waals surface area contributed by atoms with Crippen molar-refractivity contribution in [1.29, 1.82) is 0 Å². The highest BCUT2D eigenvalue weighted by atomic mass is 16.5. The van der Waals surface area contributed by atoms with E-state index in [4.69, 9.17) is 19.2 Å². The van der Waals surface area contributed by atoms with Crippen molar-refractivity contribution in [3.05, 3.63) is 76.9 Å². The van der Waals surface area contributed by atoms with Gasteiger partial charge in [-0.15, -0.1) is 0 Å². The molecule has 29 heavy (non-hydrogen) atoms. The number of methoxy groups -OCH3 is 1. The van der Waals surface area contributed by atoms with Crippen LogP contribution in [0.25, 0.3) is 5.76 Å². The highest BCUT2D eigenvalue weighted by Crippen LogP contribution is 2.53. The van der Waals surface area contributed by atoms with Crippen molar-refractivity contribution in [3.63, 3.8) is 0 Å². The topological polar surface area (TPSA) is 40.0 Å². The van der Waals surface area contributed by atoms with Gasteiger partial charge in [0.25, 0.3) is 0 Å². The van der Waals surface area contributed by atoms with Gasteiger partial charge in [-0.25, -0.2) is 4.99 Å². The molecule has 0 unspecified atom stereocenters. The zero-order valence-corrected chi connectivity index (χ0v) is 17.3. The quantitative estimate of drug-likeness (QED) is 0.779. The van der Waals surface area contributed by atoms with E-state index in [1.54, 1.807) is 7.11 Å². The van der Waals surface area contributed by atoms with Gasteiger partial charge in [-0.05, 0) is 31.4 Å². The number of hydrogen-bond donors (Lipinski definition) is 0. The first kappa shape index (κ1) is 18.4. The Morgan fingerprint density at radius 1 is 1.07 bits per heavy atom. The Morgan fingerprint density at radius 2 is 1.83 bits per heavy atom. The molecule has 150 valence electrons. The predicted octanol–water partition coefficient (Wildman–Crippen LogP) is 4.39. The summed E-state index contributed by atoms with van der Waals surface area (Å²) in [4.78, 5) is 5.10. The maximum atomic E-state index is 6.35. The molecule has 0 spiro atoms. The summed E-state index contributed by atoms with van der Waals surface area (Å²) in [6.07, 6.45) is 0.814. The van der Waals surface area contributed by atoms with Crippen LogP contribution in [0.2, 0.25) is 0 Å². The van der Waals surface area contributed by atoms with E-state index in [1.807, 2.05) is 0 Å². The van der Waals surface area contributed by atoms with Crippen molar-refractivity contribution < 1.29 is 14.2 Å². The fraction of sp³-hybridized carbons (Fsp3) is 0.400. The summed E-state index contributed by atoms with van der Waals surface area (Å²) in [5, 5.41) is 0. The van der Waals surface area contributed by atoms with Crippen molar-refractivity contribution in [1.82, 2.24) is 0 Å². The lowest BCUT2D eigenvalue weighted by Gasteiger charge is -2.43. The van der Waals surface area contributed by atoms with Gasteiger partial charge in [0.15, 0.2) is 5.90 Å². The van der Waals surface area contributed by atoms with Crippen LogP contribution in [-0.2, 0) is 26.0 Å². The maximum absolute atomic E-state index is 6.35. The van der Waals surface area contributed by atoms with Crippen molar-refractivity contribution in [3.8, 4) is 0 Å². The smallest absolute Gasteiger partial charge is 0.196 e. The fourth-order valence-electron chi connectivity index (χ4n) is 5.11. The molecular weight excluding hydrogens is 362 g/mol. The largest absolute Gasteiger partial charge is 0.496 e. The first-order chi connectivity index (χ1) is 14.0. The van der Waals surface area contributed by atoms with Crippen LogP contribution in [-0.4, -0.2) is 38.4 Å². The Kier molecular flexibility index (Phi) is 4.28. The van der Waals surface area contributed by atoms with Gasteiger partial charge in [-0.3, -0.25) is 0 Å². The third kappa shape index (κ3) is 2.81. The number of nitrogens with zero attached hydrogens (tertiary/aromatic N) is 1. The second kappa shape index (κ2) is 6.74. The standard InChI is InChI=1S/C25H27NO3/c1-24(2)16-29-23(26-24)25(13-17-9-5-4-6-10-17)20-12-8-7-11-18(20)22(27-3)19-14-28-15-21(19)25/h4-12,21H,13-16H2,1-3H3/t21-,25+/m0/s1. The lowest BCUT2D eigenvalue weighted by Crippen LogP contribution is -2.49. The van der Waals surface area contributed by atoms with Crippen molar-refractivity contribution in [2.75, 3.05) is 26.9 Å². The summed E-state index contributed by atoms with van der Waals surface area (Å²) >= 11 is 0. The highest BCUT2D eigenvalue weighted by Gasteiger charge is 2.56. The first-order valence-electron chi connectivity index (χ1n) is 10.3. The average molecular weight is 389 g/mol. The molecule has 1 fully saturated rings. The molecule has 4 heteroatoms. The van der Waals surface area contributed by atoms with Crippen molar-refractivity contribution in [2.24, 2.45) is 10.9 Å². The molecule has 4 nitrogen and oxygen atoms in total. The molecule has 1 aliphatic carbocycles. The van der Waals surface area contributed by atoms with E-state index in [0.29, 0.717) is 19.8 Å². The van der Waals surface area contributed by atoms with Gasteiger partial charge in [0.05, 0.1) is 31.3 Å². The summed E-state index contributed by atoms with van der Waals surface area (Å²) in [6.45, 7) is 6.10. The molecule has 0 radical (unpaired) electrons.